The normalized spacial score (nSPS) is 12.9. The van der Waals surface area contributed by atoms with E-state index in [9.17, 15) is 53.5 Å². The third-order valence-corrected chi connectivity index (χ3v) is 4.49. The fourth-order valence-electron chi connectivity index (χ4n) is 2.47. The van der Waals surface area contributed by atoms with Crippen LogP contribution in [0.3, 0.4) is 0 Å². The molecule has 0 spiro atoms. The van der Waals surface area contributed by atoms with E-state index >= 15 is 0 Å². The largest absolute Gasteiger partial charge is 0.392 e. The van der Waals surface area contributed by atoms with Gasteiger partial charge >= 0.3 is 23.7 Å². The van der Waals surface area contributed by atoms with Crippen molar-refractivity contribution in [3.63, 3.8) is 0 Å². The molecule has 0 aromatic heterocycles. The Morgan fingerprint density at radius 3 is 1.09 bits per heavy atom. The van der Waals surface area contributed by atoms with Crippen LogP contribution in [0.25, 0.3) is 0 Å². The summed E-state index contributed by atoms with van der Waals surface area (Å²) in [5.41, 5.74) is -0.211. The predicted octanol–water partition coefficient (Wildman–Crippen LogP) is 4.44. The number of carbonyl (C=O) groups excluding carboxylic acids is 2. The molecule has 4 nitrogen and oxygen atoms in total. The van der Waals surface area contributed by atoms with E-state index in [0.717, 1.165) is 48.5 Å². The minimum absolute atomic E-state index is 0.105. The van der Waals surface area contributed by atoms with Gasteiger partial charge in [-0.05, 0) is 35.4 Å². The Hall–Kier alpha value is -3.32. The summed E-state index contributed by atoms with van der Waals surface area (Å²) in [5, 5.41) is 2.34. The van der Waals surface area contributed by atoms with Gasteiger partial charge in [0.05, 0.1) is 0 Å². The summed E-state index contributed by atoms with van der Waals surface area (Å²) in [4.78, 5) is 23.0. The fraction of sp³-hybridized carbons (Fsp3) is 0.300. The molecule has 2 aromatic carbocycles. The van der Waals surface area contributed by atoms with E-state index in [4.69, 9.17) is 0 Å². The summed E-state index contributed by atoms with van der Waals surface area (Å²) >= 11 is 0. The molecule has 14 heteroatoms. The van der Waals surface area contributed by atoms with E-state index < -0.39 is 60.2 Å². The second-order valence-corrected chi connectivity index (χ2v) is 6.92. The zero-order valence-electron chi connectivity index (χ0n) is 16.6. The highest BCUT2D eigenvalue weighted by Crippen LogP contribution is 2.52. The van der Waals surface area contributed by atoms with E-state index in [-0.39, 0.29) is 11.1 Å². The number of hydrogen-bond acceptors (Lipinski definition) is 2. The van der Waals surface area contributed by atoms with E-state index in [1.807, 2.05) is 0 Å². The van der Waals surface area contributed by atoms with Gasteiger partial charge in [0.1, 0.15) is 11.6 Å². The highest BCUT2D eigenvalue weighted by molar-refractivity contribution is 5.87. The molecule has 2 amide bonds. The lowest BCUT2D eigenvalue weighted by Crippen LogP contribution is -2.68. The number of rotatable bonds is 9. The Labute approximate surface area is 184 Å². The van der Waals surface area contributed by atoms with Crippen LogP contribution in [0.5, 0.6) is 0 Å². The van der Waals surface area contributed by atoms with Crippen molar-refractivity contribution in [2.24, 2.45) is 0 Å². The van der Waals surface area contributed by atoms with E-state index in [1.54, 1.807) is 0 Å². The molecule has 2 aromatic rings. The molecule has 0 bridgehead atoms. The van der Waals surface area contributed by atoms with Gasteiger partial charge in [-0.3, -0.25) is 9.59 Å². The molecule has 0 aliphatic heterocycles. The zero-order chi connectivity index (χ0) is 25.9. The molecule has 2 rings (SSSR count). The number of benzene rings is 2. The number of hydrogen-bond donors (Lipinski definition) is 2. The summed E-state index contributed by atoms with van der Waals surface area (Å²) < 4.78 is 137. The monoisotopic (exact) mass is 504 g/mol. The van der Waals surface area contributed by atoms with Crippen LogP contribution in [0.4, 0.5) is 43.9 Å². The summed E-state index contributed by atoms with van der Waals surface area (Å²) in [6, 6.07) is 7.03. The maximum absolute atomic E-state index is 14.0. The number of nitrogens with one attached hydrogen (secondary N) is 2. The number of halogens is 10. The standard InChI is InChI=1S/C20H14F10N2O2/c21-13-5-1-11(2-6-13)9-31-15(33)17(23,24)19(27,28)20(29,30)18(25,26)16(34)32-10-12-3-7-14(22)8-4-12/h1-8H,9-10H2,(H,31,33)(H,32,34). The third-order valence-electron chi connectivity index (χ3n) is 4.49. The first-order valence-electron chi connectivity index (χ1n) is 9.11. The van der Waals surface area contributed by atoms with Crippen LogP contribution < -0.4 is 10.6 Å². The van der Waals surface area contributed by atoms with Crippen LogP contribution in [-0.2, 0) is 22.7 Å². The van der Waals surface area contributed by atoms with E-state index in [1.165, 1.54) is 10.6 Å². The average molecular weight is 504 g/mol. The summed E-state index contributed by atoms with van der Waals surface area (Å²) in [5.74, 6) is -34.5. The highest BCUT2D eigenvalue weighted by Gasteiger charge is 2.84. The van der Waals surface area contributed by atoms with Crippen LogP contribution in [0.15, 0.2) is 48.5 Å². The molecule has 0 saturated heterocycles. The van der Waals surface area contributed by atoms with Crippen LogP contribution >= 0.6 is 0 Å². The van der Waals surface area contributed by atoms with Crippen LogP contribution in [0.1, 0.15) is 11.1 Å². The van der Waals surface area contributed by atoms with Gasteiger partial charge in [-0.1, -0.05) is 24.3 Å². The van der Waals surface area contributed by atoms with Crippen molar-refractivity contribution in [3.8, 4) is 0 Å². The minimum atomic E-state index is -7.02. The number of amides is 2. The molecule has 0 unspecified atom stereocenters. The zero-order valence-corrected chi connectivity index (χ0v) is 16.6. The maximum atomic E-state index is 14.0. The molecular formula is C20H14F10N2O2. The molecule has 0 radical (unpaired) electrons. The van der Waals surface area contributed by atoms with Crippen molar-refractivity contribution in [2.75, 3.05) is 0 Å². The Kier molecular flexibility index (Phi) is 7.53. The lowest BCUT2D eigenvalue weighted by Gasteiger charge is -2.35. The van der Waals surface area contributed by atoms with Crippen molar-refractivity contribution in [2.45, 2.75) is 36.8 Å². The summed E-state index contributed by atoms with van der Waals surface area (Å²) in [6.07, 6.45) is 0. The number of carbonyl (C=O) groups is 2. The smallest absolute Gasteiger partial charge is 0.347 e. The van der Waals surface area contributed by atoms with Gasteiger partial charge in [-0.25, -0.2) is 8.78 Å². The summed E-state index contributed by atoms with van der Waals surface area (Å²) in [7, 11) is 0. The van der Waals surface area contributed by atoms with Crippen molar-refractivity contribution in [3.05, 3.63) is 71.3 Å². The van der Waals surface area contributed by atoms with Crippen LogP contribution in [0.2, 0.25) is 0 Å². The van der Waals surface area contributed by atoms with Crippen LogP contribution in [0, 0.1) is 11.6 Å². The van der Waals surface area contributed by atoms with Crippen LogP contribution in [-0.4, -0.2) is 35.5 Å². The average Bonchev–Trinajstić information content (AvgIpc) is 2.77. The second kappa shape index (κ2) is 9.50. The van der Waals surface area contributed by atoms with Gasteiger partial charge in [0.25, 0.3) is 11.8 Å². The van der Waals surface area contributed by atoms with Crippen molar-refractivity contribution in [1.29, 1.82) is 0 Å². The SMILES string of the molecule is O=C(NCc1ccc(F)cc1)C(F)(F)C(F)(F)C(F)(F)C(F)(F)C(=O)NCc1ccc(F)cc1. The molecule has 0 atom stereocenters. The molecule has 186 valence electrons. The van der Waals surface area contributed by atoms with Crippen molar-refractivity contribution >= 4 is 11.8 Å². The van der Waals surface area contributed by atoms with E-state index in [0.29, 0.717) is 0 Å². The first kappa shape index (κ1) is 26.9. The minimum Gasteiger partial charge on any atom is -0.347 e. The predicted molar refractivity (Wildman–Crippen MR) is 96.3 cm³/mol. The first-order chi connectivity index (χ1) is 15.5. The molecule has 2 N–H and O–H groups in total. The highest BCUT2D eigenvalue weighted by atomic mass is 19.4. The Balaban J connectivity index is 2.17. The first-order valence-corrected chi connectivity index (χ1v) is 9.11. The van der Waals surface area contributed by atoms with Gasteiger partial charge in [0.2, 0.25) is 0 Å². The molecule has 0 saturated carbocycles. The van der Waals surface area contributed by atoms with Gasteiger partial charge in [-0.2, -0.15) is 35.1 Å². The van der Waals surface area contributed by atoms with Gasteiger partial charge in [-0.15, -0.1) is 0 Å². The molecule has 0 heterocycles. The Bertz CT molecular complexity index is 941. The third kappa shape index (κ3) is 5.09. The fourth-order valence-corrected chi connectivity index (χ4v) is 2.47. The van der Waals surface area contributed by atoms with Crippen molar-refractivity contribution in [1.82, 2.24) is 10.6 Å². The van der Waals surface area contributed by atoms with Gasteiger partial charge in [0, 0.05) is 13.1 Å². The van der Waals surface area contributed by atoms with Gasteiger partial charge < -0.3 is 10.6 Å². The quantitative estimate of drug-likeness (QED) is 0.497. The second-order valence-electron chi connectivity index (χ2n) is 6.92. The van der Waals surface area contributed by atoms with Crippen molar-refractivity contribution < 1.29 is 53.5 Å². The summed E-state index contributed by atoms with van der Waals surface area (Å²) in [6.45, 7) is -1.91. The number of alkyl halides is 8. The Morgan fingerprint density at radius 2 is 0.824 bits per heavy atom. The molecule has 0 aliphatic rings. The lowest BCUT2D eigenvalue weighted by atomic mass is 9.97. The molecule has 0 fully saturated rings. The lowest BCUT2D eigenvalue weighted by molar-refractivity contribution is -0.347. The van der Waals surface area contributed by atoms with E-state index in [2.05, 4.69) is 0 Å². The molecule has 0 aliphatic carbocycles. The topological polar surface area (TPSA) is 58.2 Å². The Morgan fingerprint density at radius 1 is 0.559 bits per heavy atom. The maximum Gasteiger partial charge on any atom is 0.392 e. The molecular weight excluding hydrogens is 490 g/mol. The molecule has 34 heavy (non-hydrogen) atoms. The van der Waals surface area contributed by atoms with Gasteiger partial charge in [0.15, 0.2) is 0 Å².